The Morgan fingerprint density at radius 1 is 1.21 bits per heavy atom. The number of amides is 1. The minimum absolute atomic E-state index is 0.0653. The molecule has 150 valence electrons. The first kappa shape index (κ1) is 19.3. The van der Waals surface area contributed by atoms with Crippen molar-refractivity contribution in [1.29, 1.82) is 0 Å². The summed E-state index contributed by atoms with van der Waals surface area (Å²) in [6.45, 7) is 3.02. The molecule has 0 bridgehead atoms. The molecule has 0 radical (unpaired) electrons. The van der Waals surface area contributed by atoms with Gasteiger partial charge in [0.25, 0.3) is 0 Å². The van der Waals surface area contributed by atoms with Crippen molar-refractivity contribution >= 4 is 11.6 Å². The molecule has 2 heterocycles. The fraction of sp³-hybridized carbons (Fsp3) is 0.318. The summed E-state index contributed by atoms with van der Waals surface area (Å²) in [5.41, 5.74) is 2.54. The Morgan fingerprint density at radius 3 is 2.79 bits per heavy atom. The van der Waals surface area contributed by atoms with E-state index in [0.29, 0.717) is 17.3 Å². The summed E-state index contributed by atoms with van der Waals surface area (Å²) in [5, 5.41) is 7.03. The monoisotopic (exact) mass is 394 g/mol. The quantitative estimate of drug-likeness (QED) is 0.697. The third-order valence-corrected chi connectivity index (χ3v) is 5.21. The minimum atomic E-state index is -0.310. The lowest BCUT2D eigenvalue weighted by atomic mass is 10.0. The first-order chi connectivity index (χ1) is 14.1. The zero-order valence-electron chi connectivity index (χ0n) is 16.3. The van der Waals surface area contributed by atoms with Gasteiger partial charge in [-0.2, -0.15) is 4.98 Å². The number of aryl methyl sites for hydroxylation is 1. The van der Waals surface area contributed by atoms with Crippen molar-refractivity contribution in [2.24, 2.45) is 0 Å². The zero-order chi connectivity index (χ0) is 20.2. The third kappa shape index (κ3) is 4.51. The Hall–Kier alpha value is -3.06. The Bertz CT molecular complexity index is 986. The van der Waals surface area contributed by atoms with Gasteiger partial charge in [-0.1, -0.05) is 29.8 Å². The van der Waals surface area contributed by atoms with Crippen LogP contribution in [0.25, 0.3) is 11.4 Å². The summed E-state index contributed by atoms with van der Waals surface area (Å²) in [5.74, 6) is 0.544. The molecule has 0 unspecified atom stereocenters. The van der Waals surface area contributed by atoms with E-state index in [9.17, 15) is 9.18 Å². The molecule has 3 aromatic rings. The number of piperidine rings is 1. The number of nitrogens with zero attached hydrogens (tertiary/aromatic N) is 3. The molecule has 1 aliphatic heterocycles. The van der Waals surface area contributed by atoms with Gasteiger partial charge in [0, 0.05) is 11.3 Å². The molecule has 0 spiro atoms. The van der Waals surface area contributed by atoms with Crippen molar-refractivity contribution in [3.8, 4) is 11.4 Å². The fourth-order valence-corrected chi connectivity index (χ4v) is 3.63. The predicted molar refractivity (Wildman–Crippen MR) is 108 cm³/mol. The molecule has 7 heteroatoms. The van der Waals surface area contributed by atoms with Gasteiger partial charge in [0.2, 0.25) is 17.6 Å². The number of hydrogen-bond donors (Lipinski definition) is 1. The summed E-state index contributed by atoms with van der Waals surface area (Å²) < 4.78 is 18.7. The summed E-state index contributed by atoms with van der Waals surface area (Å²) in [6.07, 6.45) is 2.91. The molecule has 6 nitrogen and oxygen atoms in total. The van der Waals surface area contributed by atoms with Crippen LogP contribution in [0, 0.1) is 12.7 Å². The molecule has 1 N–H and O–H groups in total. The number of para-hydroxylation sites is 1. The maximum atomic E-state index is 13.1. The number of carbonyl (C=O) groups excluding carboxylic acids is 1. The highest BCUT2D eigenvalue weighted by Crippen LogP contribution is 2.31. The SMILES string of the molecule is Cc1ccccc1NC(=O)CN1CCCC[C@@H]1c1nc(-c2ccc(F)cc2)no1. The lowest BCUT2D eigenvalue weighted by Gasteiger charge is -2.32. The highest BCUT2D eigenvalue weighted by molar-refractivity contribution is 5.92. The van der Waals surface area contributed by atoms with E-state index in [1.807, 2.05) is 31.2 Å². The normalized spacial score (nSPS) is 17.2. The van der Waals surface area contributed by atoms with Gasteiger partial charge >= 0.3 is 0 Å². The van der Waals surface area contributed by atoms with Crippen molar-refractivity contribution in [1.82, 2.24) is 15.0 Å². The third-order valence-electron chi connectivity index (χ3n) is 5.21. The maximum absolute atomic E-state index is 13.1. The van der Waals surface area contributed by atoms with E-state index in [4.69, 9.17) is 4.52 Å². The van der Waals surface area contributed by atoms with E-state index in [1.54, 1.807) is 12.1 Å². The molecule has 1 atom stereocenters. The van der Waals surface area contributed by atoms with Gasteiger partial charge in [0.15, 0.2) is 0 Å². The number of hydrogen-bond acceptors (Lipinski definition) is 5. The van der Waals surface area contributed by atoms with Crippen molar-refractivity contribution in [2.45, 2.75) is 32.2 Å². The van der Waals surface area contributed by atoms with Gasteiger partial charge in [-0.25, -0.2) is 4.39 Å². The van der Waals surface area contributed by atoms with Crippen LogP contribution in [0.3, 0.4) is 0 Å². The van der Waals surface area contributed by atoms with Gasteiger partial charge in [-0.05, 0) is 62.2 Å². The summed E-state index contributed by atoms with van der Waals surface area (Å²) in [4.78, 5) is 19.2. The summed E-state index contributed by atoms with van der Waals surface area (Å²) >= 11 is 0. The molecule has 1 aliphatic rings. The molecule has 1 saturated heterocycles. The van der Waals surface area contributed by atoms with Gasteiger partial charge in [0.05, 0.1) is 12.6 Å². The van der Waals surface area contributed by atoms with Crippen molar-refractivity contribution in [2.75, 3.05) is 18.4 Å². The Balaban J connectivity index is 1.47. The number of likely N-dealkylation sites (tertiary alicyclic amines) is 1. The molecule has 0 aliphatic carbocycles. The number of nitrogens with one attached hydrogen (secondary N) is 1. The van der Waals surface area contributed by atoms with Crippen LogP contribution in [0.2, 0.25) is 0 Å². The number of halogens is 1. The second kappa shape index (κ2) is 8.53. The maximum Gasteiger partial charge on any atom is 0.244 e. The lowest BCUT2D eigenvalue weighted by Crippen LogP contribution is -2.39. The standard InChI is InChI=1S/C22H23FN4O2/c1-15-6-2-3-7-18(15)24-20(28)14-27-13-5-4-8-19(27)22-25-21(26-29-22)16-9-11-17(23)12-10-16/h2-3,6-7,9-12,19H,4-5,8,13-14H2,1H3,(H,24,28)/t19-/m1/s1. The topological polar surface area (TPSA) is 71.3 Å². The van der Waals surface area contributed by atoms with Crippen LogP contribution in [-0.2, 0) is 4.79 Å². The van der Waals surface area contributed by atoms with E-state index in [-0.39, 0.29) is 24.3 Å². The molecule has 1 amide bonds. The van der Waals surface area contributed by atoms with Crippen LogP contribution < -0.4 is 5.32 Å². The van der Waals surface area contributed by atoms with E-state index in [1.165, 1.54) is 12.1 Å². The second-order valence-corrected chi connectivity index (χ2v) is 7.31. The predicted octanol–water partition coefficient (Wildman–Crippen LogP) is 4.35. The van der Waals surface area contributed by atoms with Gasteiger partial charge < -0.3 is 9.84 Å². The summed E-state index contributed by atoms with van der Waals surface area (Å²) in [6, 6.07) is 13.6. The van der Waals surface area contributed by atoms with E-state index in [0.717, 1.165) is 37.1 Å². The average Bonchev–Trinajstić information content (AvgIpc) is 3.21. The Kier molecular flexibility index (Phi) is 5.67. The summed E-state index contributed by atoms with van der Waals surface area (Å²) in [7, 11) is 0. The first-order valence-electron chi connectivity index (χ1n) is 9.79. The number of aromatic nitrogens is 2. The van der Waals surface area contributed by atoms with E-state index >= 15 is 0 Å². The van der Waals surface area contributed by atoms with Gasteiger partial charge in [-0.3, -0.25) is 9.69 Å². The fourth-order valence-electron chi connectivity index (χ4n) is 3.63. The minimum Gasteiger partial charge on any atom is -0.337 e. The molecular formula is C22H23FN4O2. The second-order valence-electron chi connectivity index (χ2n) is 7.31. The van der Waals surface area contributed by atoms with E-state index < -0.39 is 0 Å². The van der Waals surface area contributed by atoms with Crippen molar-refractivity contribution in [3.05, 3.63) is 65.8 Å². The highest BCUT2D eigenvalue weighted by atomic mass is 19.1. The Morgan fingerprint density at radius 2 is 2.00 bits per heavy atom. The van der Waals surface area contributed by atoms with Crippen LogP contribution in [0.4, 0.5) is 10.1 Å². The number of carbonyl (C=O) groups is 1. The molecule has 0 saturated carbocycles. The van der Waals surface area contributed by atoms with Crippen LogP contribution >= 0.6 is 0 Å². The largest absolute Gasteiger partial charge is 0.337 e. The first-order valence-corrected chi connectivity index (χ1v) is 9.79. The smallest absolute Gasteiger partial charge is 0.244 e. The van der Waals surface area contributed by atoms with Crippen LogP contribution in [-0.4, -0.2) is 34.0 Å². The van der Waals surface area contributed by atoms with Crippen LogP contribution in [0.1, 0.15) is 36.8 Å². The van der Waals surface area contributed by atoms with Gasteiger partial charge in [-0.15, -0.1) is 0 Å². The average molecular weight is 394 g/mol. The zero-order valence-corrected chi connectivity index (χ0v) is 16.3. The Labute approximate surface area is 168 Å². The number of benzene rings is 2. The lowest BCUT2D eigenvalue weighted by molar-refractivity contribution is -0.118. The van der Waals surface area contributed by atoms with Crippen molar-refractivity contribution < 1.29 is 13.7 Å². The highest BCUT2D eigenvalue weighted by Gasteiger charge is 2.30. The van der Waals surface area contributed by atoms with Crippen LogP contribution in [0.15, 0.2) is 53.1 Å². The van der Waals surface area contributed by atoms with Gasteiger partial charge in [0.1, 0.15) is 5.82 Å². The molecule has 2 aromatic carbocycles. The molecule has 4 rings (SSSR count). The molecule has 1 aromatic heterocycles. The van der Waals surface area contributed by atoms with E-state index in [2.05, 4.69) is 20.4 Å². The number of anilines is 1. The van der Waals surface area contributed by atoms with Crippen molar-refractivity contribution in [3.63, 3.8) is 0 Å². The van der Waals surface area contributed by atoms with Crippen LogP contribution in [0.5, 0.6) is 0 Å². The molecular weight excluding hydrogens is 371 g/mol. The number of rotatable bonds is 5. The molecule has 29 heavy (non-hydrogen) atoms. The molecule has 1 fully saturated rings.